The average molecular weight is 539 g/mol. The highest BCUT2D eigenvalue weighted by Crippen LogP contribution is 2.26. The van der Waals surface area contributed by atoms with Crippen LogP contribution in [0.5, 0.6) is 0 Å². The molecule has 0 saturated carbocycles. The predicted octanol–water partition coefficient (Wildman–Crippen LogP) is 7.24. The van der Waals surface area contributed by atoms with E-state index >= 15 is 0 Å². The number of carbonyl (C=O) groups excluding carboxylic acids is 1. The Kier molecular flexibility index (Phi) is 11.2. The third-order valence-electron chi connectivity index (χ3n) is 6.86. The highest BCUT2D eigenvalue weighted by atomic mass is 32.1. The zero-order valence-corrected chi connectivity index (χ0v) is 23.5. The summed E-state index contributed by atoms with van der Waals surface area (Å²) in [4.78, 5) is 31.4. The molecule has 0 bridgehead atoms. The summed E-state index contributed by atoms with van der Waals surface area (Å²) < 4.78 is -0.959. The number of hydrogen-bond donors (Lipinski definition) is 2. The van der Waals surface area contributed by atoms with E-state index in [0.717, 1.165) is 60.9 Å². The molecule has 0 spiro atoms. The van der Waals surface area contributed by atoms with Crippen molar-refractivity contribution < 1.29 is 14.7 Å². The monoisotopic (exact) mass is 538 g/mol. The Labute approximate surface area is 230 Å². The van der Waals surface area contributed by atoms with Gasteiger partial charge in [-0.15, -0.1) is 11.3 Å². The molecule has 1 N–H and O–H groups in total. The molecule has 3 aromatic rings. The lowest BCUT2D eigenvalue weighted by Crippen LogP contribution is -2.35. The number of aromatic nitrogens is 1. The van der Waals surface area contributed by atoms with Crippen LogP contribution in [0.1, 0.15) is 68.4 Å². The van der Waals surface area contributed by atoms with E-state index in [2.05, 4.69) is 24.5 Å². The van der Waals surface area contributed by atoms with E-state index in [1.165, 1.54) is 0 Å². The van der Waals surface area contributed by atoms with Crippen LogP contribution < -0.4 is 0 Å². The van der Waals surface area contributed by atoms with Crippen LogP contribution in [0, 0.1) is 5.92 Å². The van der Waals surface area contributed by atoms with Crippen molar-refractivity contribution in [2.45, 2.75) is 63.5 Å². The Morgan fingerprint density at radius 2 is 1.76 bits per heavy atom. The number of carbonyl (C=O) groups is 2. The first-order valence-corrected chi connectivity index (χ1v) is 14.4. The highest BCUT2D eigenvalue weighted by Gasteiger charge is 2.27. The van der Waals surface area contributed by atoms with Crippen LogP contribution in [0.25, 0.3) is 11.1 Å². The Balaban J connectivity index is 1.60. The normalized spacial score (nSPS) is 13.6. The number of rotatable bonds is 15. The van der Waals surface area contributed by atoms with E-state index in [9.17, 15) is 14.7 Å². The van der Waals surface area contributed by atoms with E-state index in [-0.39, 0.29) is 5.91 Å². The maximum absolute atomic E-state index is 13.8. The van der Waals surface area contributed by atoms with Gasteiger partial charge in [-0.25, -0.2) is 4.98 Å². The summed E-state index contributed by atoms with van der Waals surface area (Å²) in [5.74, 6) is -0.329. The third-order valence-corrected chi connectivity index (χ3v) is 7.91. The number of nitrogens with zero attached hydrogens (tertiary/aromatic N) is 2. The summed E-state index contributed by atoms with van der Waals surface area (Å²) in [6, 6.07) is 17.9. The van der Waals surface area contributed by atoms with Crippen LogP contribution in [0.3, 0.4) is 0 Å². The molecule has 0 aliphatic carbocycles. The van der Waals surface area contributed by atoms with Crippen LogP contribution in [-0.4, -0.2) is 44.7 Å². The molecule has 198 valence electrons. The first kappa shape index (κ1) is 28.9. The lowest BCUT2D eigenvalue weighted by molar-refractivity contribution is -0.139. The van der Waals surface area contributed by atoms with Crippen molar-refractivity contribution in [3.63, 3.8) is 0 Å². The zero-order chi connectivity index (χ0) is 26.7. The maximum Gasteiger partial charge on any atom is 0.319 e. The molecule has 0 aliphatic heterocycles. The van der Waals surface area contributed by atoms with Gasteiger partial charge in [0.2, 0.25) is 0 Å². The van der Waals surface area contributed by atoms with Gasteiger partial charge in [0.25, 0.3) is 5.91 Å². The number of unbranched alkanes of at least 4 members (excludes halogenated alkanes) is 2. The van der Waals surface area contributed by atoms with Crippen molar-refractivity contribution in [1.82, 2.24) is 9.88 Å². The van der Waals surface area contributed by atoms with Crippen LogP contribution >= 0.6 is 24.0 Å². The largest absolute Gasteiger partial charge is 0.480 e. The van der Waals surface area contributed by atoms with Gasteiger partial charge in [-0.05, 0) is 42.9 Å². The molecule has 0 fully saturated rings. The van der Waals surface area contributed by atoms with Gasteiger partial charge in [0.1, 0.15) is 4.75 Å². The molecule has 0 aliphatic rings. The minimum absolute atomic E-state index is 0.0589. The predicted molar refractivity (Wildman–Crippen MR) is 155 cm³/mol. The summed E-state index contributed by atoms with van der Waals surface area (Å²) in [5, 5.41) is 11.3. The number of amides is 1. The van der Waals surface area contributed by atoms with E-state index < -0.39 is 10.7 Å². The Bertz CT molecular complexity index is 1120. The second kappa shape index (κ2) is 14.3. The van der Waals surface area contributed by atoms with Gasteiger partial charge in [0.15, 0.2) is 0 Å². The summed E-state index contributed by atoms with van der Waals surface area (Å²) in [6.45, 7) is 5.23. The smallest absolute Gasteiger partial charge is 0.319 e. The van der Waals surface area contributed by atoms with Crippen LogP contribution in [0.2, 0.25) is 0 Å². The van der Waals surface area contributed by atoms with Crippen molar-refractivity contribution in [3.8, 4) is 11.1 Å². The minimum atomic E-state index is -0.959. The van der Waals surface area contributed by atoms with Gasteiger partial charge in [0.05, 0.1) is 11.2 Å². The average Bonchev–Trinajstić information content (AvgIpc) is 3.42. The topological polar surface area (TPSA) is 70.5 Å². The fraction of sp³-hybridized carbons (Fsp3) is 0.433. The summed E-state index contributed by atoms with van der Waals surface area (Å²) >= 11 is 5.84. The molecule has 1 unspecified atom stereocenters. The molecule has 1 aromatic heterocycles. The van der Waals surface area contributed by atoms with Crippen molar-refractivity contribution in [1.29, 1.82) is 0 Å². The van der Waals surface area contributed by atoms with Gasteiger partial charge in [0, 0.05) is 30.5 Å². The maximum atomic E-state index is 13.8. The zero-order valence-electron chi connectivity index (χ0n) is 21.8. The molecule has 0 radical (unpaired) electrons. The van der Waals surface area contributed by atoms with E-state index in [1.807, 2.05) is 70.4 Å². The summed E-state index contributed by atoms with van der Waals surface area (Å²) in [7, 11) is 0. The Morgan fingerprint density at radius 3 is 2.46 bits per heavy atom. The van der Waals surface area contributed by atoms with Gasteiger partial charge < -0.3 is 10.0 Å². The Hall–Kier alpha value is -2.64. The number of thiazole rings is 1. The standard InChI is InChI=1S/C30H38N2O3S2/c1-23(11-5-4-10-18-30(2,36)29(34)35)16-19-32(20-17-25-21-37-22-31-25)28(33)27-15-9-8-14-26(27)24-12-6-3-7-13-24/h3,6-9,12-15,21-23,36H,4-5,10-11,16-20H2,1-2H3,(H,34,35)/t23-,30?/m1/s1. The number of benzene rings is 2. The van der Waals surface area contributed by atoms with Gasteiger partial charge >= 0.3 is 5.97 Å². The number of aliphatic carboxylic acids is 1. The SMILES string of the molecule is C[C@H](CCCCCC(C)(S)C(=O)O)CCN(CCc1cscn1)C(=O)c1ccccc1-c1ccccc1. The van der Waals surface area contributed by atoms with Crippen molar-refractivity contribution in [2.75, 3.05) is 13.1 Å². The fourth-order valence-electron chi connectivity index (χ4n) is 4.40. The van der Waals surface area contributed by atoms with Crippen molar-refractivity contribution in [2.24, 2.45) is 5.92 Å². The molecule has 37 heavy (non-hydrogen) atoms. The molecule has 7 heteroatoms. The van der Waals surface area contributed by atoms with Crippen LogP contribution in [0.15, 0.2) is 65.5 Å². The number of carboxylic acid groups (broad SMARTS) is 1. The van der Waals surface area contributed by atoms with E-state index in [4.69, 9.17) is 0 Å². The first-order chi connectivity index (χ1) is 17.8. The molecule has 5 nitrogen and oxygen atoms in total. The van der Waals surface area contributed by atoms with E-state index in [0.29, 0.717) is 25.4 Å². The number of hydrogen-bond acceptors (Lipinski definition) is 5. The fourth-order valence-corrected chi connectivity index (χ4v) is 5.15. The molecule has 1 heterocycles. The molecule has 3 rings (SSSR count). The highest BCUT2D eigenvalue weighted by molar-refractivity contribution is 7.82. The lowest BCUT2D eigenvalue weighted by Gasteiger charge is -2.25. The van der Waals surface area contributed by atoms with Crippen molar-refractivity contribution in [3.05, 3.63) is 76.7 Å². The van der Waals surface area contributed by atoms with Gasteiger partial charge in [-0.1, -0.05) is 81.1 Å². The molecule has 2 atom stereocenters. The quantitative estimate of drug-likeness (QED) is 0.158. The molecule has 0 saturated heterocycles. The lowest BCUT2D eigenvalue weighted by atomic mass is 9.96. The Morgan fingerprint density at radius 1 is 1.03 bits per heavy atom. The van der Waals surface area contributed by atoms with Crippen molar-refractivity contribution >= 4 is 35.8 Å². The minimum Gasteiger partial charge on any atom is -0.480 e. The molecular formula is C30H38N2O3S2. The number of thiol groups is 1. The second-order valence-electron chi connectivity index (χ2n) is 10.0. The summed E-state index contributed by atoms with van der Waals surface area (Å²) in [5.41, 5.74) is 5.58. The van der Waals surface area contributed by atoms with Crippen LogP contribution in [0.4, 0.5) is 0 Å². The number of carboxylic acids is 1. The third kappa shape index (κ3) is 9.00. The second-order valence-corrected chi connectivity index (χ2v) is 11.7. The van der Waals surface area contributed by atoms with Gasteiger partial charge in [-0.3, -0.25) is 9.59 Å². The van der Waals surface area contributed by atoms with Gasteiger partial charge in [-0.2, -0.15) is 12.6 Å². The van der Waals surface area contributed by atoms with Crippen LogP contribution in [-0.2, 0) is 11.2 Å². The molecule has 2 aromatic carbocycles. The molecule has 1 amide bonds. The first-order valence-electron chi connectivity index (χ1n) is 13.0. The summed E-state index contributed by atoms with van der Waals surface area (Å²) in [6.07, 6.45) is 6.19. The van der Waals surface area contributed by atoms with E-state index in [1.54, 1.807) is 18.3 Å². The molecular weight excluding hydrogens is 500 g/mol.